The van der Waals surface area contributed by atoms with Gasteiger partial charge in [-0.15, -0.1) is 0 Å². The molecular formula is C13H19N3O5. The topological polar surface area (TPSA) is 105 Å². The van der Waals surface area contributed by atoms with E-state index in [0.29, 0.717) is 18.9 Å². The van der Waals surface area contributed by atoms with Crippen molar-refractivity contribution in [1.82, 2.24) is 4.90 Å². The lowest BCUT2D eigenvalue weighted by molar-refractivity contribution is -0.384. The van der Waals surface area contributed by atoms with Gasteiger partial charge in [0.15, 0.2) is 0 Å². The second-order valence-corrected chi connectivity index (χ2v) is 4.10. The lowest BCUT2D eigenvalue weighted by atomic mass is 10.2. The quantitative estimate of drug-likeness (QED) is 0.590. The molecule has 0 atom stereocenters. The fourth-order valence-corrected chi connectivity index (χ4v) is 1.73. The van der Waals surface area contributed by atoms with E-state index in [2.05, 4.69) is 5.32 Å². The molecule has 0 saturated heterocycles. The number of nitro benzene ring substituents is 1. The van der Waals surface area contributed by atoms with E-state index in [9.17, 15) is 14.9 Å². The van der Waals surface area contributed by atoms with Crippen LogP contribution in [0.3, 0.4) is 0 Å². The summed E-state index contributed by atoms with van der Waals surface area (Å²) in [4.78, 5) is 23.7. The number of amides is 2. The number of urea groups is 1. The van der Waals surface area contributed by atoms with Gasteiger partial charge in [-0.2, -0.15) is 0 Å². The summed E-state index contributed by atoms with van der Waals surface area (Å²) in [7, 11) is 0. The predicted molar refractivity (Wildman–Crippen MR) is 77.6 cm³/mol. The maximum Gasteiger partial charge on any atom is 0.322 e. The zero-order chi connectivity index (χ0) is 15.8. The van der Waals surface area contributed by atoms with Crippen LogP contribution in [0.25, 0.3) is 0 Å². The molecule has 0 aliphatic carbocycles. The van der Waals surface area contributed by atoms with Gasteiger partial charge in [0.05, 0.1) is 23.8 Å². The fourth-order valence-electron chi connectivity index (χ4n) is 1.73. The van der Waals surface area contributed by atoms with Crippen molar-refractivity contribution >= 4 is 17.4 Å². The predicted octanol–water partition coefficient (Wildman–Crippen LogP) is 1.84. The van der Waals surface area contributed by atoms with Crippen molar-refractivity contribution in [3.05, 3.63) is 28.3 Å². The Labute approximate surface area is 122 Å². The third kappa shape index (κ3) is 4.60. The smallest absolute Gasteiger partial charge is 0.322 e. The minimum absolute atomic E-state index is 0.140. The average Bonchev–Trinajstić information content (AvgIpc) is 2.46. The summed E-state index contributed by atoms with van der Waals surface area (Å²) in [5.74, 6) is 0.358. The molecule has 8 nitrogen and oxygen atoms in total. The normalized spacial score (nSPS) is 10.0. The lowest BCUT2D eigenvalue weighted by Crippen LogP contribution is -2.36. The molecular weight excluding hydrogens is 278 g/mol. The summed E-state index contributed by atoms with van der Waals surface area (Å²) in [6.07, 6.45) is 0. The third-order valence-electron chi connectivity index (χ3n) is 2.75. The number of likely N-dealkylation sites (N-methyl/N-ethyl adjacent to an activating group) is 1. The van der Waals surface area contributed by atoms with Crippen molar-refractivity contribution < 1.29 is 19.6 Å². The van der Waals surface area contributed by atoms with Gasteiger partial charge in [0.25, 0.3) is 5.69 Å². The fraction of sp³-hybridized carbons (Fsp3) is 0.462. The Bertz CT molecular complexity index is 507. The van der Waals surface area contributed by atoms with E-state index in [1.165, 1.54) is 23.1 Å². The monoisotopic (exact) mass is 297 g/mol. The molecule has 0 fully saturated rings. The number of rotatable bonds is 7. The number of aliphatic hydroxyl groups excluding tert-OH is 1. The maximum absolute atomic E-state index is 12.0. The molecule has 8 heteroatoms. The van der Waals surface area contributed by atoms with Gasteiger partial charge in [-0.25, -0.2) is 4.79 Å². The van der Waals surface area contributed by atoms with Crippen LogP contribution in [0.2, 0.25) is 0 Å². The number of benzene rings is 1. The van der Waals surface area contributed by atoms with E-state index < -0.39 is 11.0 Å². The summed E-state index contributed by atoms with van der Waals surface area (Å²) in [5, 5.41) is 22.3. The molecule has 1 rings (SSSR count). The highest BCUT2D eigenvalue weighted by Crippen LogP contribution is 2.29. The number of nitrogens with one attached hydrogen (secondary N) is 1. The van der Waals surface area contributed by atoms with E-state index >= 15 is 0 Å². The zero-order valence-corrected chi connectivity index (χ0v) is 12.0. The molecule has 21 heavy (non-hydrogen) atoms. The summed E-state index contributed by atoms with van der Waals surface area (Å²) in [6.45, 7) is 4.35. The molecule has 116 valence electrons. The van der Waals surface area contributed by atoms with Crippen LogP contribution < -0.4 is 10.1 Å². The summed E-state index contributed by atoms with van der Waals surface area (Å²) in [5.41, 5.74) is 0.0893. The molecule has 0 saturated carbocycles. The van der Waals surface area contributed by atoms with Crippen LogP contribution in [0.5, 0.6) is 5.75 Å². The highest BCUT2D eigenvalue weighted by molar-refractivity contribution is 5.91. The summed E-state index contributed by atoms with van der Waals surface area (Å²) < 4.78 is 5.34. The number of ether oxygens (including phenoxy) is 1. The number of carbonyl (C=O) groups is 1. The molecule has 0 unspecified atom stereocenters. The molecule has 0 aromatic heterocycles. The summed E-state index contributed by atoms with van der Waals surface area (Å²) in [6, 6.07) is 3.55. The van der Waals surface area contributed by atoms with Gasteiger partial charge in [0.1, 0.15) is 5.75 Å². The van der Waals surface area contributed by atoms with Crippen molar-refractivity contribution in [2.45, 2.75) is 13.8 Å². The van der Waals surface area contributed by atoms with Gasteiger partial charge in [-0.3, -0.25) is 10.1 Å². The molecule has 1 aromatic carbocycles. The van der Waals surface area contributed by atoms with Gasteiger partial charge in [0, 0.05) is 25.2 Å². The molecule has 0 aliphatic heterocycles. The van der Waals surface area contributed by atoms with Crippen molar-refractivity contribution in [3.8, 4) is 5.75 Å². The number of nitro groups is 1. The Morgan fingerprint density at radius 1 is 1.48 bits per heavy atom. The van der Waals surface area contributed by atoms with Crippen LogP contribution in [0.4, 0.5) is 16.2 Å². The van der Waals surface area contributed by atoms with Gasteiger partial charge < -0.3 is 20.1 Å². The minimum atomic E-state index is -0.545. The van der Waals surface area contributed by atoms with Crippen LogP contribution >= 0.6 is 0 Å². The molecule has 1 aromatic rings. The van der Waals surface area contributed by atoms with Crippen molar-refractivity contribution in [2.24, 2.45) is 0 Å². The van der Waals surface area contributed by atoms with E-state index in [1.807, 2.05) is 0 Å². The second kappa shape index (κ2) is 8.05. The molecule has 0 spiro atoms. The van der Waals surface area contributed by atoms with E-state index in [-0.39, 0.29) is 24.5 Å². The number of carbonyl (C=O) groups excluding carboxylic acids is 1. The Morgan fingerprint density at radius 2 is 2.19 bits per heavy atom. The van der Waals surface area contributed by atoms with Gasteiger partial charge in [-0.1, -0.05) is 0 Å². The van der Waals surface area contributed by atoms with Crippen LogP contribution in [0.15, 0.2) is 18.2 Å². The van der Waals surface area contributed by atoms with Gasteiger partial charge in [-0.05, 0) is 19.9 Å². The number of hydrogen-bond acceptors (Lipinski definition) is 5. The van der Waals surface area contributed by atoms with E-state index in [1.54, 1.807) is 13.8 Å². The van der Waals surface area contributed by atoms with Crippen molar-refractivity contribution in [3.63, 3.8) is 0 Å². The van der Waals surface area contributed by atoms with Gasteiger partial charge in [0.2, 0.25) is 0 Å². The highest BCUT2D eigenvalue weighted by atomic mass is 16.6. The average molecular weight is 297 g/mol. The summed E-state index contributed by atoms with van der Waals surface area (Å²) >= 11 is 0. The molecule has 0 bridgehead atoms. The Morgan fingerprint density at radius 3 is 2.71 bits per heavy atom. The SMILES string of the molecule is CCOc1ccc([N+](=O)[O-])cc1NC(=O)N(CC)CCO. The number of hydrogen-bond donors (Lipinski definition) is 2. The molecule has 0 heterocycles. The Hall–Kier alpha value is -2.35. The maximum atomic E-state index is 12.0. The first kappa shape index (κ1) is 16.7. The molecule has 2 N–H and O–H groups in total. The van der Waals surface area contributed by atoms with E-state index in [4.69, 9.17) is 9.84 Å². The largest absolute Gasteiger partial charge is 0.492 e. The Kier molecular flexibility index (Phi) is 6.41. The Balaban J connectivity index is 3.00. The van der Waals surface area contributed by atoms with Crippen LogP contribution in [0.1, 0.15) is 13.8 Å². The molecule has 2 amide bonds. The van der Waals surface area contributed by atoms with Crippen LogP contribution in [-0.2, 0) is 0 Å². The van der Waals surface area contributed by atoms with Crippen LogP contribution in [-0.4, -0.2) is 47.3 Å². The first-order chi connectivity index (χ1) is 10.0. The van der Waals surface area contributed by atoms with Gasteiger partial charge >= 0.3 is 6.03 Å². The number of anilines is 1. The van der Waals surface area contributed by atoms with Crippen molar-refractivity contribution in [1.29, 1.82) is 0 Å². The minimum Gasteiger partial charge on any atom is -0.492 e. The third-order valence-corrected chi connectivity index (χ3v) is 2.75. The van der Waals surface area contributed by atoms with E-state index in [0.717, 1.165) is 0 Å². The highest BCUT2D eigenvalue weighted by Gasteiger charge is 2.17. The molecule has 0 aliphatic rings. The first-order valence-corrected chi connectivity index (χ1v) is 6.61. The number of non-ortho nitro benzene ring substituents is 1. The first-order valence-electron chi connectivity index (χ1n) is 6.61. The zero-order valence-electron chi connectivity index (χ0n) is 12.0. The second-order valence-electron chi connectivity index (χ2n) is 4.10. The van der Waals surface area contributed by atoms with Crippen molar-refractivity contribution in [2.75, 3.05) is 31.6 Å². The van der Waals surface area contributed by atoms with Crippen LogP contribution in [0, 0.1) is 10.1 Å². The molecule has 0 radical (unpaired) electrons. The number of nitrogens with zero attached hydrogens (tertiary/aromatic N) is 2. The standard InChI is InChI=1S/C13H19N3O5/c1-3-15(7-8-17)13(18)14-11-9-10(16(19)20)5-6-12(11)21-4-2/h5-6,9,17H,3-4,7-8H2,1-2H3,(H,14,18). The lowest BCUT2D eigenvalue weighted by Gasteiger charge is -2.21. The number of aliphatic hydroxyl groups is 1.